The average molecular weight is 346 g/mol. The van der Waals surface area contributed by atoms with Crippen LogP contribution in [0.25, 0.3) is 0 Å². The molecule has 0 spiro atoms. The summed E-state index contributed by atoms with van der Waals surface area (Å²) in [5, 5.41) is 3.08. The van der Waals surface area contributed by atoms with Crippen molar-refractivity contribution in [3.63, 3.8) is 0 Å². The van der Waals surface area contributed by atoms with Crippen LogP contribution in [0, 0.1) is 5.92 Å². The molecule has 25 heavy (non-hydrogen) atoms. The summed E-state index contributed by atoms with van der Waals surface area (Å²) in [4.78, 5) is 26.6. The first-order valence-corrected chi connectivity index (χ1v) is 9.16. The van der Waals surface area contributed by atoms with E-state index >= 15 is 0 Å². The summed E-state index contributed by atoms with van der Waals surface area (Å²) in [5.41, 5.74) is 1.22. The van der Waals surface area contributed by atoms with Crippen molar-refractivity contribution in [2.24, 2.45) is 5.92 Å². The van der Waals surface area contributed by atoms with Crippen LogP contribution in [-0.4, -0.2) is 42.5 Å². The summed E-state index contributed by atoms with van der Waals surface area (Å²) in [7, 11) is 1.66. The maximum absolute atomic E-state index is 12.6. The van der Waals surface area contributed by atoms with Gasteiger partial charge in [-0.1, -0.05) is 26.0 Å². The minimum Gasteiger partial charge on any atom is -0.497 e. The highest BCUT2D eigenvalue weighted by molar-refractivity contribution is 5.89. The first kappa shape index (κ1) is 19.3. The van der Waals surface area contributed by atoms with E-state index in [0.29, 0.717) is 6.54 Å². The van der Waals surface area contributed by atoms with Crippen LogP contribution in [0.3, 0.4) is 0 Å². The van der Waals surface area contributed by atoms with Crippen molar-refractivity contribution in [3.05, 3.63) is 29.8 Å². The molecular weight excluding hydrogens is 316 g/mol. The van der Waals surface area contributed by atoms with Gasteiger partial charge in [0.15, 0.2) is 0 Å². The van der Waals surface area contributed by atoms with E-state index < -0.39 is 0 Å². The highest BCUT2D eigenvalue weighted by atomic mass is 16.5. The van der Waals surface area contributed by atoms with Crippen molar-refractivity contribution in [1.82, 2.24) is 10.2 Å². The molecule has 2 atom stereocenters. The molecule has 1 aromatic carbocycles. The van der Waals surface area contributed by atoms with E-state index in [1.54, 1.807) is 12.0 Å². The second-order valence-corrected chi connectivity index (χ2v) is 7.14. The van der Waals surface area contributed by atoms with Gasteiger partial charge < -0.3 is 15.0 Å². The summed E-state index contributed by atoms with van der Waals surface area (Å²) >= 11 is 0. The Hall–Kier alpha value is -2.04. The first-order valence-electron chi connectivity index (χ1n) is 9.16. The molecular formula is C20H30N2O3. The van der Waals surface area contributed by atoms with Gasteiger partial charge in [0.1, 0.15) is 11.8 Å². The molecule has 1 fully saturated rings. The van der Waals surface area contributed by atoms with E-state index in [9.17, 15) is 9.59 Å². The van der Waals surface area contributed by atoms with Crippen molar-refractivity contribution in [1.29, 1.82) is 0 Å². The largest absolute Gasteiger partial charge is 0.497 e. The highest BCUT2D eigenvalue weighted by Gasteiger charge is 2.35. The van der Waals surface area contributed by atoms with Crippen LogP contribution in [0.2, 0.25) is 0 Å². The Kier molecular flexibility index (Phi) is 6.85. The van der Waals surface area contributed by atoms with Crippen molar-refractivity contribution < 1.29 is 14.3 Å². The van der Waals surface area contributed by atoms with Gasteiger partial charge in [-0.05, 0) is 50.3 Å². The zero-order valence-corrected chi connectivity index (χ0v) is 15.7. The molecule has 0 unspecified atom stereocenters. The molecule has 1 aromatic rings. The standard InChI is InChI=1S/C20H30N2O3/c1-14(2)20(24)22-13-5-6-18(22)19(23)21-15(3)7-8-16-9-11-17(25-4)12-10-16/h9-12,14-15,18H,5-8,13H2,1-4H3,(H,21,23)/t15-,18+/m1/s1. The van der Waals surface area contributed by atoms with E-state index in [2.05, 4.69) is 5.32 Å². The predicted molar refractivity (Wildman–Crippen MR) is 98.5 cm³/mol. The first-order chi connectivity index (χ1) is 11.9. The van der Waals surface area contributed by atoms with Crippen molar-refractivity contribution >= 4 is 11.8 Å². The Labute approximate surface area is 150 Å². The topological polar surface area (TPSA) is 58.6 Å². The van der Waals surface area contributed by atoms with Crippen LogP contribution in [0.1, 0.15) is 45.6 Å². The smallest absolute Gasteiger partial charge is 0.243 e. The Morgan fingerprint density at radius 1 is 1.24 bits per heavy atom. The van der Waals surface area contributed by atoms with Crippen molar-refractivity contribution in [2.45, 2.75) is 58.5 Å². The normalized spacial score (nSPS) is 18.3. The summed E-state index contributed by atoms with van der Waals surface area (Å²) in [6.45, 7) is 6.47. The van der Waals surface area contributed by atoms with Gasteiger partial charge in [0.05, 0.1) is 7.11 Å². The lowest BCUT2D eigenvalue weighted by Crippen LogP contribution is -2.49. The van der Waals surface area contributed by atoms with Crippen molar-refractivity contribution in [2.75, 3.05) is 13.7 Å². The molecule has 1 heterocycles. The third kappa shape index (κ3) is 5.21. The minimum absolute atomic E-state index is 0.0197. The molecule has 0 saturated carbocycles. The fraction of sp³-hybridized carbons (Fsp3) is 0.600. The fourth-order valence-electron chi connectivity index (χ4n) is 3.22. The van der Waals surface area contributed by atoms with Gasteiger partial charge >= 0.3 is 0 Å². The minimum atomic E-state index is -0.307. The van der Waals surface area contributed by atoms with E-state index in [-0.39, 0.29) is 29.8 Å². The molecule has 2 amide bonds. The van der Waals surface area contributed by atoms with Crippen LogP contribution in [0.5, 0.6) is 5.75 Å². The van der Waals surface area contributed by atoms with Crippen LogP contribution in [-0.2, 0) is 16.0 Å². The molecule has 0 radical (unpaired) electrons. The number of nitrogens with zero attached hydrogens (tertiary/aromatic N) is 1. The Bertz CT molecular complexity index is 583. The Morgan fingerprint density at radius 2 is 1.92 bits per heavy atom. The number of carbonyl (C=O) groups excluding carboxylic acids is 2. The monoisotopic (exact) mass is 346 g/mol. The number of benzene rings is 1. The molecule has 5 nitrogen and oxygen atoms in total. The zero-order valence-electron chi connectivity index (χ0n) is 15.7. The molecule has 0 aromatic heterocycles. The Morgan fingerprint density at radius 3 is 2.52 bits per heavy atom. The molecule has 1 saturated heterocycles. The van der Waals surface area contributed by atoms with E-state index in [1.807, 2.05) is 45.0 Å². The van der Waals surface area contributed by atoms with Gasteiger partial charge in [-0.15, -0.1) is 0 Å². The lowest BCUT2D eigenvalue weighted by atomic mass is 10.1. The maximum atomic E-state index is 12.6. The number of amides is 2. The van der Waals surface area contributed by atoms with Gasteiger partial charge in [0.25, 0.3) is 0 Å². The predicted octanol–water partition coefficient (Wildman–Crippen LogP) is 2.78. The summed E-state index contributed by atoms with van der Waals surface area (Å²) in [5.74, 6) is 0.833. The third-order valence-corrected chi connectivity index (χ3v) is 4.75. The van der Waals surface area contributed by atoms with Gasteiger partial charge in [0, 0.05) is 18.5 Å². The van der Waals surface area contributed by atoms with Gasteiger partial charge in [0.2, 0.25) is 11.8 Å². The molecule has 2 rings (SSSR count). The van der Waals surface area contributed by atoms with Crippen LogP contribution in [0.15, 0.2) is 24.3 Å². The lowest BCUT2D eigenvalue weighted by molar-refractivity contribution is -0.141. The molecule has 138 valence electrons. The SMILES string of the molecule is COc1ccc(CC[C@@H](C)NC(=O)[C@@H]2CCCN2C(=O)C(C)C)cc1. The highest BCUT2D eigenvalue weighted by Crippen LogP contribution is 2.20. The number of ether oxygens (including phenoxy) is 1. The number of nitrogens with one attached hydrogen (secondary N) is 1. The Balaban J connectivity index is 1.83. The summed E-state index contributed by atoms with van der Waals surface area (Å²) < 4.78 is 5.16. The molecule has 0 bridgehead atoms. The van der Waals surface area contributed by atoms with E-state index in [0.717, 1.165) is 31.4 Å². The van der Waals surface area contributed by atoms with E-state index in [1.165, 1.54) is 5.56 Å². The summed E-state index contributed by atoms with van der Waals surface area (Å²) in [6.07, 6.45) is 3.42. The molecule has 1 N–H and O–H groups in total. The van der Waals surface area contributed by atoms with Gasteiger partial charge in [-0.2, -0.15) is 0 Å². The number of rotatable bonds is 7. The van der Waals surface area contributed by atoms with Crippen molar-refractivity contribution in [3.8, 4) is 5.75 Å². The average Bonchev–Trinajstić information content (AvgIpc) is 3.09. The van der Waals surface area contributed by atoms with Crippen LogP contribution in [0.4, 0.5) is 0 Å². The number of methoxy groups -OCH3 is 1. The summed E-state index contributed by atoms with van der Waals surface area (Å²) in [6, 6.07) is 7.77. The number of aryl methyl sites for hydroxylation is 1. The maximum Gasteiger partial charge on any atom is 0.243 e. The number of likely N-dealkylation sites (tertiary alicyclic amines) is 1. The lowest BCUT2D eigenvalue weighted by Gasteiger charge is -2.27. The van der Waals surface area contributed by atoms with Crippen LogP contribution < -0.4 is 10.1 Å². The van der Waals surface area contributed by atoms with Crippen LogP contribution >= 0.6 is 0 Å². The molecule has 0 aliphatic carbocycles. The number of hydrogen-bond acceptors (Lipinski definition) is 3. The quantitative estimate of drug-likeness (QED) is 0.826. The van der Waals surface area contributed by atoms with Gasteiger partial charge in [-0.25, -0.2) is 0 Å². The molecule has 1 aliphatic rings. The zero-order chi connectivity index (χ0) is 18.4. The second-order valence-electron chi connectivity index (χ2n) is 7.14. The fourth-order valence-corrected chi connectivity index (χ4v) is 3.22. The number of carbonyl (C=O) groups is 2. The molecule has 5 heteroatoms. The van der Waals surface area contributed by atoms with E-state index in [4.69, 9.17) is 4.74 Å². The van der Waals surface area contributed by atoms with Gasteiger partial charge in [-0.3, -0.25) is 9.59 Å². The number of hydrogen-bond donors (Lipinski definition) is 1. The second kappa shape index (κ2) is 8.88. The molecule has 1 aliphatic heterocycles. The third-order valence-electron chi connectivity index (χ3n) is 4.75.